The molecule has 200 valence electrons. The van der Waals surface area contributed by atoms with Crippen LogP contribution in [0, 0.1) is 32.0 Å². The highest BCUT2D eigenvalue weighted by molar-refractivity contribution is 5.95. The molecule has 0 radical (unpaired) electrons. The number of amides is 2. The average molecular weight is 509 g/mol. The number of rotatable bonds is 7. The van der Waals surface area contributed by atoms with Crippen LogP contribution in [-0.4, -0.2) is 36.4 Å². The van der Waals surface area contributed by atoms with Crippen molar-refractivity contribution in [1.29, 1.82) is 0 Å². The molecule has 4 rings (SSSR count). The van der Waals surface area contributed by atoms with Crippen LogP contribution in [0.5, 0.6) is 0 Å². The molecular weight excluding hydrogens is 467 g/mol. The number of nitrogens with one attached hydrogen (secondary N) is 1. The Balaban J connectivity index is 1.35. The lowest BCUT2D eigenvalue weighted by molar-refractivity contribution is -0.134. The van der Waals surface area contributed by atoms with Gasteiger partial charge in [-0.1, -0.05) is 42.7 Å². The molecule has 2 fully saturated rings. The highest BCUT2D eigenvalue weighted by Gasteiger charge is 2.40. The molecule has 2 aliphatic rings. The zero-order valence-corrected chi connectivity index (χ0v) is 22.7. The number of anilines is 1. The maximum Gasteiger partial charge on any atom is 0.243 e. The van der Waals surface area contributed by atoms with E-state index in [1.165, 1.54) is 42.7 Å². The van der Waals surface area contributed by atoms with E-state index in [0.717, 1.165) is 47.2 Å². The van der Waals surface area contributed by atoms with Crippen molar-refractivity contribution >= 4 is 17.5 Å². The van der Waals surface area contributed by atoms with Crippen molar-refractivity contribution in [2.45, 2.75) is 90.8 Å². The molecule has 37 heavy (non-hydrogen) atoms. The molecule has 1 spiro atoms. The zero-order chi connectivity index (χ0) is 26.6. The summed E-state index contributed by atoms with van der Waals surface area (Å²) in [6.45, 7) is 6.01. The molecule has 2 unspecified atom stereocenters. The molecule has 0 aromatic heterocycles. The molecule has 1 saturated carbocycles. The number of halogens is 1. The average Bonchev–Trinajstić information content (AvgIpc) is 3.22. The predicted molar refractivity (Wildman–Crippen MR) is 145 cm³/mol. The number of carbonyl (C=O) groups is 2. The van der Waals surface area contributed by atoms with Crippen molar-refractivity contribution in [3.63, 3.8) is 0 Å². The molecule has 1 saturated heterocycles. The topological polar surface area (TPSA) is 58.6 Å². The van der Waals surface area contributed by atoms with Gasteiger partial charge in [0.25, 0.3) is 0 Å². The summed E-state index contributed by atoms with van der Waals surface area (Å²) < 4.78 is 20.1. The molecule has 2 atom stereocenters. The molecule has 2 amide bonds. The summed E-state index contributed by atoms with van der Waals surface area (Å²) in [7, 11) is 1.69. The quantitative estimate of drug-likeness (QED) is 0.448. The van der Waals surface area contributed by atoms with E-state index >= 15 is 0 Å². The monoisotopic (exact) mass is 508 g/mol. The third kappa shape index (κ3) is 6.98. The van der Waals surface area contributed by atoms with Crippen LogP contribution in [0.2, 0.25) is 0 Å². The number of hydrogen-bond donors (Lipinski definition) is 1. The van der Waals surface area contributed by atoms with Crippen molar-refractivity contribution in [1.82, 2.24) is 4.90 Å². The minimum absolute atomic E-state index is 0.0132. The summed E-state index contributed by atoms with van der Waals surface area (Å²) >= 11 is 0. The van der Waals surface area contributed by atoms with E-state index in [0.29, 0.717) is 12.8 Å². The van der Waals surface area contributed by atoms with Crippen LogP contribution in [0.15, 0.2) is 36.4 Å². The number of aryl methyl sites for hydroxylation is 3. The third-order valence-corrected chi connectivity index (χ3v) is 8.29. The molecule has 2 aromatic carbocycles. The molecule has 1 aliphatic heterocycles. The van der Waals surface area contributed by atoms with Crippen molar-refractivity contribution in [3.05, 3.63) is 64.5 Å². The SMILES string of the molecule is Cc1cc(C)c(NC(=O)CN(C)C(=O)CCC2CC3(CCCC3)CCC(c3ccc(F)cc3)O2)c(C)c1. The van der Waals surface area contributed by atoms with Gasteiger partial charge < -0.3 is 15.0 Å². The lowest BCUT2D eigenvalue weighted by atomic mass is 9.76. The van der Waals surface area contributed by atoms with Crippen LogP contribution in [0.1, 0.15) is 86.1 Å². The van der Waals surface area contributed by atoms with Gasteiger partial charge in [-0.2, -0.15) is 0 Å². The summed E-state index contributed by atoms with van der Waals surface area (Å²) in [5.74, 6) is -0.497. The fourth-order valence-corrected chi connectivity index (χ4v) is 6.38. The van der Waals surface area contributed by atoms with Crippen LogP contribution < -0.4 is 5.32 Å². The molecule has 0 bridgehead atoms. The van der Waals surface area contributed by atoms with Gasteiger partial charge in [0, 0.05) is 19.2 Å². The smallest absolute Gasteiger partial charge is 0.243 e. The van der Waals surface area contributed by atoms with Crippen molar-refractivity contribution < 1.29 is 18.7 Å². The highest BCUT2D eigenvalue weighted by atomic mass is 19.1. The Labute approximate surface area is 220 Å². The fraction of sp³-hybridized carbons (Fsp3) is 0.548. The normalized spacial score (nSPS) is 21.0. The lowest BCUT2D eigenvalue weighted by Crippen LogP contribution is -2.35. The van der Waals surface area contributed by atoms with Gasteiger partial charge in [-0.15, -0.1) is 0 Å². The first-order valence-corrected chi connectivity index (χ1v) is 13.7. The molecule has 1 aliphatic carbocycles. The summed E-state index contributed by atoms with van der Waals surface area (Å²) in [6, 6.07) is 10.7. The molecular formula is C31H41FN2O3. The van der Waals surface area contributed by atoms with Crippen LogP contribution in [0.3, 0.4) is 0 Å². The lowest BCUT2D eigenvalue weighted by Gasteiger charge is -2.30. The number of likely N-dealkylation sites (N-methyl/N-ethyl adjacent to an activating group) is 1. The van der Waals surface area contributed by atoms with Gasteiger partial charge in [-0.3, -0.25) is 9.59 Å². The van der Waals surface area contributed by atoms with Crippen molar-refractivity contribution in [2.75, 3.05) is 18.9 Å². The van der Waals surface area contributed by atoms with E-state index in [-0.39, 0.29) is 41.8 Å². The Hall–Kier alpha value is -2.73. The van der Waals surface area contributed by atoms with Crippen molar-refractivity contribution in [3.8, 4) is 0 Å². The van der Waals surface area contributed by atoms with Crippen LogP contribution in [0.4, 0.5) is 10.1 Å². The second-order valence-electron chi connectivity index (χ2n) is 11.4. The molecule has 1 N–H and O–H groups in total. The maximum absolute atomic E-state index is 13.5. The summed E-state index contributed by atoms with van der Waals surface area (Å²) in [4.78, 5) is 27.2. The fourth-order valence-electron chi connectivity index (χ4n) is 6.38. The van der Waals surface area contributed by atoms with E-state index in [4.69, 9.17) is 4.74 Å². The minimum Gasteiger partial charge on any atom is -0.370 e. The first-order valence-electron chi connectivity index (χ1n) is 13.7. The zero-order valence-electron chi connectivity index (χ0n) is 22.7. The van der Waals surface area contributed by atoms with Crippen LogP contribution in [0.25, 0.3) is 0 Å². The van der Waals surface area contributed by atoms with E-state index < -0.39 is 0 Å². The first-order chi connectivity index (χ1) is 17.6. The third-order valence-electron chi connectivity index (χ3n) is 8.29. The predicted octanol–water partition coefficient (Wildman–Crippen LogP) is 6.80. The molecule has 1 heterocycles. The maximum atomic E-state index is 13.5. The summed E-state index contributed by atoms with van der Waals surface area (Å²) in [5.41, 5.74) is 5.30. The van der Waals surface area contributed by atoms with Gasteiger partial charge in [0.2, 0.25) is 11.8 Å². The molecule has 2 aromatic rings. The van der Waals surface area contributed by atoms with Crippen LogP contribution in [-0.2, 0) is 14.3 Å². The second kappa shape index (κ2) is 11.8. The van der Waals surface area contributed by atoms with Gasteiger partial charge in [0.15, 0.2) is 0 Å². The minimum atomic E-state index is -0.244. The second-order valence-corrected chi connectivity index (χ2v) is 11.4. The summed E-state index contributed by atoms with van der Waals surface area (Å²) in [5, 5.41) is 2.98. The van der Waals surface area contributed by atoms with E-state index in [1.54, 1.807) is 7.05 Å². The number of hydrogen-bond acceptors (Lipinski definition) is 3. The van der Waals surface area contributed by atoms with Crippen molar-refractivity contribution in [2.24, 2.45) is 5.41 Å². The van der Waals surface area contributed by atoms with E-state index in [1.807, 2.05) is 45.0 Å². The Kier molecular flexibility index (Phi) is 8.68. The van der Waals surface area contributed by atoms with Gasteiger partial charge in [0.1, 0.15) is 5.82 Å². The Morgan fingerprint density at radius 3 is 2.35 bits per heavy atom. The number of ether oxygens (including phenoxy) is 1. The highest BCUT2D eigenvalue weighted by Crippen LogP contribution is 2.50. The molecule has 5 nitrogen and oxygen atoms in total. The largest absolute Gasteiger partial charge is 0.370 e. The van der Waals surface area contributed by atoms with Gasteiger partial charge >= 0.3 is 0 Å². The standard InChI is InChI=1S/C31H41FN2O3/c1-21-17-22(2)30(23(3)18-21)33-28(35)20-34(4)29(36)12-11-26-19-31(14-5-6-15-31)16-13-27(37-26)24-7-9-25(32)10-8-24/h7-10,17-18,26-27H,5-6,11-16,19-20H2,1-4H3,(H,33,35). The number of carbonyl (C=O) groups excluding carboxylic acids is 2. The Morgan fingerprint density at radius 2 is 1.70 bits per heavy atom. The first kappa shape index (κ1) is 27.3. The van der Waals surface area contributed by atoms with Crippen LogP contribution >= 0.6 is 0 Å². The molecule has 6 heteroatoms. The van der Waals surface area contributed by atoms with E-state index in [2.05, 4.69) is 5.32 Å². The van der Waals surface area contributed by atoms with Gasteiger partial charge in [0.05, 0.1) is 18.8 Å². The Morgan fingerprint density at radius 1 is 1.05 bits per heavy atom. The van der Waals surface area contributed by atoms with Gasteiger partial charge in [-0.05, 0) is 93.5 Å². The van der Waals surface area contributed by atoms with E-state index in [9.17, 15) is 14.0 Å². The summed E-state index contributed by atoms with van der Waals surface area (Å²) in [6.07, 6.45) is 8.80. The number of nitrogens with zero attached hydrogens (tertiary/aromatic N) is 1. The number of benzene rings is 2. The Bertz CT molecular complexity index is 1080. The van der Waals surface area contributed by atoms with Gasteiger partial charge in [-0.25, -0.2) is 4.39 Å².